The summed E-state index contributed by atoms with van der Waals surface area (Å²) in [5.74, 6) is 1.92. The summed E-state index contributed by atoms with van der Waals surface area (Å²) in [6.45, 7) is 9.10. The largest absolute Gasteiger partial charge is 0.376 e. The molecule has 0 spiro atoms. The molecule has 3 rings (SSSR count). The van der Waals surface area contributed by atoms with Crippen LogP contribution in [0, 0.1) is 6.92 Å². The molecule has 0 amide bonds. The van der Waals surface area contributed by atoms with Crippen molar-refractivity contribution in [2.24, 2.45) is 0 Å². The minimum Gasteiger partial charge on any atom is -0.376 e. The molecule has 5 nitrogen and oxygen atoms in total. The van der Waals surface area contributed by atoms with E-state index >= 15 is 0 Å². The lowest BCUT2D eigenvalue weighted by atomic mass is 10.2. The molecule has 25 heavy (non-hydrogen) atoms. The Morgan fingerprint density at radius 3 is 2.88 bits per heavy atom. The van der Waals surface area contributed by atoms with Gasteiger partial charge in [0.25, 0.3) is 0 Å². The number of hydrogen-bond donors (Lipinski definition) is 0. The summed E-state index contributed by atoms with van der Waals surface area (Å²) in [7, 11) is 0. The predicted molar refractivity (Wildman–Crippen MR) is 102 cm³/mol. The molecule has 0 aliphatic carbocycles. The van der Waals surface area contributed by atoms with Crippen molar-refractivity contribution in [3.63, 3.8) is 0 Å². The molecule has 1 saturated heterocycles. The molecular weight excluding hydrogens is 332 g/mol. The molecule has 0 N–H and O–H groups in total. The van der Waals surface area contributed by atoms with Gasteiger partial charge >= 0.3 is 0 Å². The summed E-state index contributed by atoms with van der Waals surface area (Å²) in [5.41, 5.74) is 1.37. The molecule has 0 radical (unpaired) electrons. The van der Waals surface area contributed by atoms with E-state index in [4.69, 9.17) is 4.74 Å². The van der Waals surface area contributed by atoms with Crippen LogP contribution in [0.2, 0.25) is 0 Å². The van der Waals surface area contributed by atoms with E-state index in [9.17, 15) is 0 Å². The second-order valence-corrected chi connectivity index (χ2v) is 7.55. The van der Waals surface area contributed by atoms with Gasteiger partial charge in [0.2, 0.25) is 0 Å². The number of ether oxygens (including phenoxy) is 1. The molecule has 0 saturated carbocycles. The molecule has 0 unspecified atom stereocenters. The van der Waals surface area contributed by atoms with Crippen molar-refractivity contribution in [1.82, 2.24) is 19.7 Å². The van der Waals surface area contributed by atoms with E-state index in [-0.39, 0.29) is 6.10 Å². The monoisotopic (exact) mass is 360 g/mol. The molecule has 2 heterocycles. The van der Waals surface area contributed by atoms with E-state index in [0.29, 0.717) is 0 Å². The maximum Gasteiger partial charge on any atom is 0.191 e. The Kier molecular flexibility index (Phi) is 6.90. The van der Waals surface area contributed by atoms with E-state index in [2.05, 4.69) is 56.9 Å². The van der Waals surface area contributed by atoms with Crippen molar-refractivity contribution in [1.29, 1.82) is 0 Å². The molecule has 1 aromatic heterocycles. The van der Waals surface area contributed by atoms with Crippen molar-refractivity contribution in [3.8, 4) is 0 Å². The first-order valence-electron chi connectivity index (χ1n) is 9.16. The van der Waals surface area contributed by atoms with Crippen LogP contribution in [-0.2, 0) is 17.8 Å². The maximum atomic E-state index is 6.08. The number of rotatable bonds is 7. The van der Waals surface area contributed by atoms with Gasteiger partial charge in [-0.25, -0.2) is 0 Å². The number of hydrogen-bond acceptors (Lipinski definition) is 5. The highest BCUT2D eigenvalue weighted by Crippen LogP contribution is 2.21. The highest BCUT2D eigenvalue weighted by atomic mass is 32.2. The lowest BCUT2D eigenvalue weighted by Gasteiger charge is -2.23. The summed E-state index contributed by atoms with van der Waals surface area (Å²) < 4.78 is 8.29. The van der Waals surface area contributed by atoms with Crippen molar-refractivity contribution < 1.29 is 4.74 Å². The smallest absolute Gasteiger partial charge is 0.191 e. The van der Waals surface area contributed by atoms with Crippen molar-refractivity contribution in [3.05, 3.63) is 41.7 Å². The number of aryl methyl sites for hydroxylation is 1. The van der Waals surface area contributed by atoms with E-state index in [1.165, 1.54) is 5.56 Å². The molecule has 0 bridgehead atoms. The zero-order valence-electron chi connectivity index (χ0n) is 15.2. The van der Waals surface area contributed by atoms with Crippen LogP contribution < -0.4 is 0 Å². The fraction of sp³-hybridized carbons (Fsp3) is 0.579. The Bertz CT molecular complexity index is 646. The summed E-state index contributed by atoms with van der Waals surface area (Å²) in [6, 6.07) is 10.7. The van der Waals surface area contributed by atoms with Crippen molar-refractivity contribution in [2.75, 3.05) is 25.4 Å². The standard InChI is InChI=1S/C19H28N4OS/c1-3-10-23-16(2)20-21-19(23)25-15-18-14-22(11-7-12-24-18)13-17-8-5-4-6-9-17/h4-6,8-9,18H,3,7,10-15H2,1-2H3/t18-/m1/s1. The first-order valence-corrected chi connectivity index (χ1v) is 10.1. The predicted octanol–water partition coefficient (Wildman–Crippen LogP) is 3.38. The minimum absolute atomic E-state index is 0.239. The van der Waals surface area contributed by atoms with Gasteiger partial charge in [0, 0.05) is 38.5 Å². The fourth-order valence-corrected chi connectivity index (χ4v) is 4.19. The lowest BCUT2D eigenvalue weighted by molar-refractivity contribution is 0.0700. The molecule has 1 fully saturated rings. The summed E-state index contributed by atoms with van der Waals surface area (Å²) >= 11 is 1.77. The third-order valence-corrected chi connectivity index (χ3v) is 5.53. The van der Waals surface area contributed by atoms with Crippen molar-refractivity contribution >= 4 is 11.8 Å². The van der Waals surface area contributed by atoms with Gasteiger partial charge in [0.15, 0.2) is 5.16 Å². The van der Waals surface area contributed by atoms with Crippen molar-refractivity contribution in [2.45, 2.75) is 51.0 Å². The molecule has 6 heteroatoms. The van der Waals surface area contributed by atoms with Crippen LogP contribution >= 0.6 is 11.8 Å². The summed E-state index contributed by atoms with van der Waals surface area (Å²) in [4.78, 5) is 2.51. The Morgan fingerprint density at radius 2 is 2.08 bits per heavy atom. The van der Waals surface area contributed by atoms with Gasteiger partial charge in [-0.2, -0.15) is 0 Å². The van der Waals surface area contributed by atoms with Crippen LogP contribution in [-0.4, -0.2) is 51.2 Å². The first-order chi connectivity index (χ1) is 12.3. The average Bonchev–Trinajstić information content (AvgIpc) is 2.83. The van der Waals surface area contributed by atoms with Gasteiger partial charge in [0.05, 0.1) is 6.10 Å². The van der Waals surface area contributed by atoms with Gasteiger partial charge in [-0.15, -0.1) is 10.2 Å². The fourth-order valence-electron chi connectivity index (χ4n) is 3.17. The Hall–Kier alpha value is -1.37. The molecule has 136 valence electrons. The van der Waals surface area contributed by atoms with Crippen LogP contribution in [0.3, 0.4) is 0 Å². The second kappa shape index (κ2) is 9.36. The van der Waals surface area contributed by atoms with E-state index in [1.54, 1.807) is 11.8 Å². The summed E-state index contributed by atoms with van der Waals surface area (Å²) in [6.07, 6.45) is 2.43. The molecule has 1 atom stereocenters. The van der Waals surface area contributed by atoms with E-state index in [1.807, 2.05) is 6.92 Å². The number of thioether (sulfide) groups is 1. The van der Waals surface area contributed by atoms with Gasteiger partial charge in [-0.1, -0.05) is 49.0 Å². The number of benzene rings is 1. The van der Waals surface area contributed by atoms with E-state index < -0.39 is 0 Å². The molecule has 2 aromatic rings. The highest BCUT2D eigenvalue weighted by Gasteiger charge is 2.20. The van der Waals surface area contributed by atoms with Gasteiger partial charge in [-0.05, 0) is 25.3 Å². The second-order valence-electron chi connectivity index (χ2n) is 6.56. The topological polar surface area (TPSA) is 43.2 Å². The normalized spacial score (nSPS) is 19.0. The molecule has 1 aliphatic rings. The van der Waals surface area contributed by atoms with Gasteiger partial charge < -0.3 is 9.30 Å². The van der Waals surface area contributed by atoms with Crippen LogP contribution in [0.4, 0.5) is 0 Å². The van der Waals surface area contributed by atoms with Gasteiger partial charge in [0.1, 0.15) is 5.82 Å². The van der Waals surface area contributed by atoms with E-state index in [0.717, 1.165) is 62.4 Å². The number of aromatic nitrogens is 3. The van der Waals surface area contributed by atoms with Crippen LogP contribution in [0.15, 0.2) is 35.5 Å². The quantitative estimate of drug-likeness (QED) is 0.708. The third kappa shape index (κ3) is 5.30. The molecular formula is C19H28N4OS. The van der Waals surface area contributed by atoms with Crippen LogP contribution in [0.5, 0.6) is 0 Å². The minimum atomic E-state index is 0.239. The Labute approximate surface area is 154 Å². The van der Waals surface area contributed by atoms with Crippen LogP contribution in [0.1, 0.15) is 31.2 Å². The highest BCUT2D eigenvalue weighted by molar-refractivity contribution is 7.99. The Morgan fingerprint density at radius 1 is 1.24 bits per heavy atom. The SMILES string of the molecule is CCCn1c(C)nnc1SC[C@H]1CN(Cc2ccccc2)CCCO1. The number of nitrogens with zero attached hydrogens (tertiary/aromatic N) is 4. The molecule has 1 aliphatic heterocycles. The first kappa shape index (κ1) is 18.4. The van der Waals surface area contributed by atoms with Gasteiger partial charge in [-0.3, -0.25) is 4.90 Å². The zero-order valence-corrected chi connectivity index (χ0v) is 16.0. The Balaban J connectivity index is 1.56. The maximum absolute atomic E-state index is 6.08. The third-order valence-electron chi connectivity index (χ3n) is 4.43. The zero-order chi connectivity index (χ0) is 17.5. The molecule has 1 aromatic carbocycles. The van der Waals surface area contributed by atoms with Crippen LogP contribution in [0.25, 0.3) is 0 Å². The summed E-state index contributed by atoms with van der Waals surface area (Å²) in [5, 5.41) is 9.58. The average molecular weight is 361 g/mol. The lowest BCUT2D eigenvalue weighted by Crippen LogP contribution is -2.32.